The van der Waals surface area contributed by atoms with Crippen molar-refractivity contribution < 1.29 is 9.26 Å². The third-order valence-electron chi connectivity index (χ3n) is 4.88. The molecule has 3 rings (SSSR count). The van der Waals surface area contributed by atoms with Gasteiger partial charge in [-0.1, -0.05) is 23.4 Å². The second-order valence-corrected chi connectivity index (χ2v) is 6.48. The van der Waals surface area contributed by atoms with Gasteiger partial charge in [0.1, 0.15) is 0 Å². The summed E-state index contributed by atoms with van der Waals surface area (Å²) in [6.45, 7) is 4.42. The fourth-order valence-electron chi connectivity index (χ4n) is 3.44. The van der Waals surface area contributed by atoms with Gasteiger partial charge in [-0.3, -0.25) is 0 Å². The highest BCUT2D eigenvalue weighted by Gasteiger charge is 2.19. The van der Waals surface area contributed by atoms with Crippen molar-refractivity contribution in [3.8, 4) is 5.75 Å². The van der Waals surface area contributed by atoms with Gasteiger partial charge >= 0.3 is 0 Å². The number of allylic oxidation sites excluding steroid dienone is 1. The summed E-state index contributed by atoms with van der Waals surface area (Å²) in [4.78, 5) is 2.41. The number of nitrogens with zero attached hydrogens (tertiary/aromatic N) is 2. The van der Waals surface area contributed by atoms with Crippen LogP contribution in [-0.2, 0) is 6.42 Å². The summed E-state index contributed by atoms with van der Waals surface area (Å²) in [7, 11) is 3.89. The molecule has 0 amide bonds. The molecule has 124 valence electrons. The van der Waals surface area contributed by atoms with Crippen LogP contribution in [0.4, 0.5) is 0 Å². The molecule has 0 radical (unpaired) electrons. The van der Waals surface area contributed by atoms with Crippen molar-refractivity contribution in [2.45, 2.75) is 32.6 Å². The lowest BCUT2D eigenvalue weighted by Gasteiger charge is -2.28. The first-order chi connectivity index (χ1) is 11.2. The molecule has 4 nitrogen and oxygen atoms in total. The van der Waals surface area contributed by atoms with E-state index < -0.39 is 0 Å². The second kappa shape index (κ2) is 7.18. The van der Waals surface area contributed by atoms with Crippen LogP contribution in [0, 0.1) is 5.92 Å². The number of hydrogen-bond donors (Lipinski definition) is 0. The molecule has 23 heavy (non-hydrogen) atoms. The molecule has 1 aromatic heterocycles. The van der Waals surface area contributed by atoms with Gasteiger partial charge in [-0.2, -0.15) is 0 Å². The first-order valence-electron chi connectivity index (χ1n) is 8.49. The number of aryl methyl sites for hydroxylation is 1. The molecule has 0 saturated carbocycles. The van der Waals surface area contributed by atoms with E-state index in [4.69, 9.17) is 9.26 Å². The molecular weight excluding hydrogens is 288 g/mol. The summed E-state index contributed by atoms with van der Waals surface area (Å²) in [6.07, 6.45) is 8.78. The van der Waals surface area contributed by atoms with E-state index in [-0.39, 0.29) is 0 Å². The Morgan fingerprint density at radius 1 is 1.35 bits per heavy atom. The lowest BCUT2D eigenvalue weighted by atomic mass is 9.91. The maximum atomic E-state index is 5.60. The van der Waals surface area contributed by atoms with E-state index in [2.05, 4.69) is 29.2 Å². The highest BCUT2D eigenvalue weighted by molar-refractivity contribution is 5.88. The average molecular weight is 314 g/mol. The van der Waals surface area contributed by atoms with Crippen LogP contribution in [0.1, 0.15) is 37.4 Å². The molecule has 1 aliphatic heterocycles. The summed E-state index contributed by atoms with van der Waals surface area (Å²) in [5.74, 6) is 1.58. The van der Waals surface area contributed by atoms with Crippen molar-refractivity contribution in [3.05, 3.63) is 29.5 Å². The van der Waals surface area contributed by atoms with E-state index in [1.165, 1.54) is 32.4 Å². The lowest BCUT2D eigenvalue weighted by Crippen LogP contribution is -2.30. The van der Waals surface area contributed by atoms with E-state index in [9.17, 15) is 0 Å². The molecule has 0 aliphatic carbocycles. The average Bonchev–Trinajstić information content (AvgIpc) is 2.97. The van der Waals surface area contributed by atoms with Gasteiger partial charge in [0.2, 0.25) is 5.58 Å². The SMILES string of the molecule is C/C=C/c1ccc2c(CCC3CCN(C)CC3)noc2c1OC. The Kier molecular flexibility index (Phi) is 5.01. The van der Waals surface area contributed by atoms with Crippen LogP contribution in [0.2, 0.25) is 0 Å². The maximum absolute atomic E-state index is 5.60. The van der Waals surface area contributed by atoms with Gasteiger partial charge in [0.05, 0.1) is 12.8 Å². The smallest absolute Gasteiger partial charge is 0.209 e. The third kappa shape index (κ3) is 3.42. The molecule has 1 aliphatic rings. The van der Waals surface area contributed by atoms with Crippen molar-refractivity contribution in [1.82, 2.24) is 10.1 Å². The van der Waals surface area contributed by atoms with Gasteiger partial charge in [0.25, 0.3) is 0 Å². The number of ether oxygens (including phenoxy) is 1. The third-order valence-corrected chi connectivity index (χ3v) is 4.88. The van der Waals surface area contributed by atoms with E-state index in [0.29, 0.717) is 0 Å². The van der Waals surface area contributed by atoms with Crippen molar-refractivity contribution in [2.75, 3.05) is 27.2 Å². The van der Waals surface area contributed by atoms with Gasteiger partial charge in [-0.15, -0.1) is 0 Å². The van der Waals surface area contributed by atoms with Gasteiger partial charge in [0, 0.05) is 10.9 Å². The molecular formula is C19H26N2O2. The molecule has 2 aromatic rings. The van der Waals surface area contributed by atoms with Crippen LogP contribution in [-0.4, -0.2) is 37.3 Å². The van der Waals surface area contributed by atoms with Gasteiger partial charge < -0.3 is 14.2 Å². The summed E-state index contributed by atoms with van der Waals surface area (Å²) in [6, 6.07) is 4.19. The Bertz CT molecular complexity index is 682. The molecule has 1 fully saturated rings. The molecule has 0 N–H and O–H groups in total. The van der Waals surface area contributed by atoms with Crippen LogP contribution in [0.5, 0.6) is 5.75 Å². The number of fused-ring (bicyclic) bond motifs is 1. The minimum absolute atomic E-state index is 0.765. The molecule has 0 spiro atoms. The summed E-state index contributed by atoms with van der Waals surface area (Å²) in [5, 5.41) is 5.40. The Balaban J connectivity index is 1.77. The minimum Gasteiger partial charge on any atom is -0.492 e. The largest absolute Gasteiger partial charge is 0.492 e. The number of benzene rings is 1. The highest BCUT2D eigenvalue weighted by Crippen LogP contribution is 2.33. The Hall–Kier alpha value is -1.81. The van der Waals surface area contributed by atoms with Gasteiger partial charge in [-0.05, 0) is 64.7 Å². The van der Waals surface area contributed by atoms with E-state index in [1.54, 1.807) is 7.11 Å². The Morgan fingerprint density at radius 3 is 2.83 bits per heavy atom. The fraction of sp³-hybridized carbons (Fsp3) is 0.526. The zero-order valence-electron chi connectivity index (χ0n) is 14.3. The van der Waals surface area contributed by atoms with Gasteiger partial charge in [-0.25, -0.2) is 0 Å². The number of rotatable bonds is 5. The molecule has 0 bridgehead atoms. The zero-order chi connectivity index (χ0) is 16.2. The minimum atomic E-state index is 0.765. The molecule has 0 unspecified atom stereocenters. The van der Waals surface area contributed by atoms with Crippen molar-refractivity contribution >= 4 is 17.0 Å². The van der Waals surface area contributed by atoms with Crippen LogP contribution in [0.25, 0.3) is 17.0 Å². The molecule has 1 saturated heterocycles. The number of hydrogen-bond acceptors (Lipinski definition) is 4. The maximum Gasteiger partial charge on any atom is 0.209 e. The monoisotopic (exact) mass is 314 g/mol. The Morgan fingerprint density at radius 2 is 2.13 bits per heavy atom. The molecule has 2 heterocycles. The lowest BCUT2D eigenvalue weighted by molar-refractivity contribution is 0.212. The second-order valence-electron chi connectivity index (χ2n) is 6.48. The number of methoxy groups -OCH3 is 1. The highest BCUT2D eigenvalue weighted by atomic mass is 16.5. The predicted molar refractivity (Wildman–Crippen MR) is 93.8 cm³/mol. The quantitative estimate of drug-likeness (QED) is 0.831. The first kappa shape index (κ1) is 16.1. The summed E-state index contributed by atoms with van der Waals surface area (Å²) < 4.78 is 11.1. The van der Waals surface area contributed by atoms with Crippen molar-refractivity contribution in [3.63, 3.8) is 0 Å². The summed E-state index contributed by atoms with van der Waals surface area (Å²) in [5.41, 5.74) is 2.85. The molecule has 4 heteroatoms. The zero-order valence-corrected chi connectivity index (χ0v) is 14.3. The number of aromatic nitrogens is 1. The van der Waals surface area contributed by atoms with Crippen molar-refractivity contribution in [1.29, 1.82) is 0 Å². The predicted octanol–water partition coefficient (Wildman–Crippen LogP) is 4.14. The number of piperidine rings is 1. The normalized spacial score (nSPS) is 17.3. The van der Waals surface area contributed by atoms with Gasteiger partial charge in [0.15, 0.2) is 5.75 Å². The van der Waals surface area contributed by atoms with E-state index in [1.807, 2.05) is 19.1 Å². The standard InChI is InChI=1S/C19H26N2O2/c1-4-5-15-7-8-16-17(20-23-19(16)18(15)22-3)9-6-14-10-12-21(2)13-11-14/h4-5,7-8,14H,6,9-13H2,1-3H3/b5-4+. The number of likely N-dealkylation sites (tertiary alicyclic amines) is 1. The van der Waals surface area contributed by atoms with Crippen LogP contribution < -0.4 is 4.74 Å². The van der Waals surface area contributed by atoms with Crippen molar-refractivity contribution in [2.24, 2.45) is 5.92 Å². The topological polar surface area (TPSA) is 38.5 Å². The van der Waals surface area contributed by atoms with Crippen LogP contribution >= 0.6 is 0 Å². The molecule has 0 atom stereocenters. The van der Waals surface area contributed by atoms with Crippen LogP contribution in [0.3, 0.4) is 0 Å². The fourth-order valence-corrected chi connectivity index (χ4v) is 3.44. The van der Waals surface area contributed by atoms with E-state index in [0.717, 1.165) is 40.3 Å². The molecule has 1 aromatic carbocycles. The Labute approximate surface area is 138 Å². The van der Waals surface area contributed by atoms with E-state index >= 15 is 0 Å². The van der Waals surface area contributed by atoms with Crippen LogP contribution in [0.15, 0.2) is 22.7 Å². The summed E-state index contributed by atoms with van der Waals surface area (Å²) >= 11 is 0. The first-order valence-corrected chi connectivity index (χ1v) is 8.49.